The van der Waals surface area contributed by atoms with Crippen LogP contribution in [0.5, 0.6) is 0 Å². The minimum absolute atomic E-state index is 0.0213. The maximum atomic E-state index is 14.8. The maximum Gasteiger partial charge on any atom is 0.258 e. The van der Waals surface area contributed by atoms with Gasteiger partial charge in [-0.15, -0.1) is 0 Å². The molecule has 0 saturated carbocycles. The van der Waals surface area contributed by atoms with Crippen molar-refractivity contribution in [2.24, 2.45) is 0 Å². The van der Waals surface area contributed by atoms with E-state index in [-0.39, 0.29) is 16.1 Å². The molecule has 0 heterocycles. The molecule has 2 N–H and O–H groups in total. The lowest BCUT2D eigenvalue weighted by Crippen LogP contribution is -2.37. The predicted octanol–water partition coefficient (Wildman–Crippen LogP) is 4.08. The van der Waals surface area contributed by atoms with Crippen molar-refractivity contribution in [1.29, 1.82) is 0 Å². The highest BCUT2D eigenvalue weighted by Crippen LogP contribution is 2.23. The molecule has 2 aromatic carbocycles. The van der Waals surface area contributed by atoms with E-state index in [1.54, 1.807) is 20.8 Å². The molecule has 140 valence electrons. The average molecular weight is 384 g/mol. The summed E-state index contributed by atoms with van der Waals surface area (Å²) in [5.74, 6) is -3.97. The average Bonchev–Trinajstić information content (AvgIpc) is 2.49. The van der Waals surface area contributed by atoms with Gasteiger partial charge >= 0.3 is 0 Å². The van der Waals surface area contributed by atoms with Gasteiger partial charge in [0.1, 0.15) is 11.0 Å². The Bertz CT molecular complexity index is 879. The number of carbonyl (C=O) groups is 1. The Labute approximate surface area is 152 Å². The lowest BCUT2D eigenvalue weighted by atomic mass is 10.1. The summed E-state index contributed by atoms with van der Waals surface area (Å²) in [5, 5.41) is 2.32. The van der Waals surface area contributed by atoms with Gasteiger partial charge in [-0.1, -0.05) is 6.07 Å². The van der Waals surface area contributed by atoms with E-state index in [9.17, 15) is 22.2 Å². The maximum absolute atomic E-state index is 14.8. The van der Waals surface area contributed by atoms with E-state index in [4.69, 9.17) is 0 Å². The number of nitrogens with one attached hydrogen (secondary N) is 2. The molecule has 0 spiro atoms. The monoisotopic (exact) mass is 384 g/mol. The van der Waals surface area contributed by atoms with Crippen molar-refractivity contribution < 1.29 is 22.2 Å². The minimum atomic E-state index is -1.87. The second-order valence-corrected chi connectivity index (χ2v) is 7.95. The molecular weight excluding hydrogens is 365 g/mol. The third-order valence-corrected chi connectivity index (χ3v) is 4.83. The Hall–Kier alpha value is -2.19. The highest BCUT2D eigenvalue weighted by Gasteiger charge is 2.23. The predicted molar refractivity (Wildman–Crippen MR) is 94.7 cm³/mol. The van der Waals surface area contributed by atoms with Crippen molar-refractivity contribution in [2.45, 2.75) is 38.1 Å². The third kappa shape index (κ3) is 4.70. The number of benzene rings is 2. The number of halogens is 3. The van der Waals surface area contributed by atoms with Gasteiger partial charge in [0.05, 0.1) is 10.5 Å². The number of hydrogen-bond donors (Lipinski definition) is 2. The fourth-order valence-corrected chi connectivity index (χ4v) is 3.30. The first-order valence-corrected chi connectivity index (χ1v) is 8.89. The van der Waals surface area contributed by atoms with Crippen LogP contribution in [0, 0.1) is 24.4 Å². The van der Waals surface area contributed by atoms with Crippen LogP contribution in [0.15, 0.2) is 35.2 Å². The van der Waals surface area contributed by atoms with Crippen LogP contribution in [0.3, 0.4) is 0 Å². The zero-order valence-corrected chi connectivity index (χ0v) is 15.6. The van der Waals surface area contributed by atoms with Crippen molar-refractivity contribution in [2.75, 3.05) is 5.32 Å². The van der Waals surface area contributed by atoms with E-state index in [2.05, 4.69) is 10.0 Å². The first-order chi connectivity index (χ1) is 12.0. The van der Waals surface area contributed by atoms with Gasteiger partial charge in [-0.3, -0.25) is 4.79 Å². The molecule has 2 aromatic rings. The fourth-order valence-electron chi connectivity index (χ4n) is 2.18. The number of rotatable bonds is 4. The summed E-state index contributed by atoms with van der Waals surface area (Å²) in [4.78, 5) is 12.3. The first kappa shape index (κ1) is 20.1. The van der Waals surface area contributed by atoms with Gasteiger partial charge in [-0.05, 0) is 51.5 Å². The minimum Gasteiger partial charge on any atom is -0.322 e. The van der Waals surface area contributed by atoms with E-state index < -0.39 is 39.9 Å². The molecule has 0 saturated heterocycles. The van der Waals surface area contributed by atoms with Gasteiger partial charge in [0.15, 0.2) is 17.5 Å². The highest BCUT2D eigenvalue weighted by molar-refractivity contribution is 7.83. The molecule has 2 rings (SSSR count). The van der Waals surface area contributed by atoms with Gasteiger partial charge < -0.3 is 5.32 Å². The zero-order chi connectivity index (χ0) is 19.6. The summed E-state index contributed by atoms with van der Waals surface area (Å²) in [6.45, 7) is 6.84. The van der Waals surface area contributed by atoms with Crippen LogP contribution in [0.1, 0.15) is 36.7 Å². The van der Waals surface area contributed by atoms with Gasteiger partial charge in [0.25, 0.3) is 5.91 Å². The summed E-state index contributed by atoms with van der Waals surface area (Å²) < 4.78 is 56.2. The van der Waals surface area contributed by atoms with E-state index in [1.165, 1.54) is 19.1 Å². The number of carbonyl (C=O) groups excluding carboxylic acids is 1. The van der Waals surface area contributed by atoms with Crippen molar-refractivity contribution in [1.82, 2.24) is 4.72 Å². The van der Waals surface area contributed by atoms with Crippen molar-refractivity contribution >= 4 is 22.6 Å². The van der Waals surface area contributed by atoms with Crippen LogP contribution in [-0.4, -0.2) is 15.7 Å². The second-order valence-electron chi connectivity index (χ2n) is 6.77. The van der Waals surface area contributed by atoms with Gasteiger partial charge in [-0.25, -0.2) is 22.1 Å². The Balaban J connectivity index is 2.36. The van der Waals surface area contributed by atoms with Crippen LogP contribution in [0.4, 0.5) is 18.9 Å². The molecule has 1 unspecified atom stereocenters. The van der Waals surface area contributed by atoms with Crippen LogP contribution in [0.2, 0.25) is 0 Å². The smallest absolute Gasteiger partial charge is 0.258 e. The Morgan fingerprint density at radius 1 is 1.04 bits per heavy atom. The Morgan fingerprint density at radius 2 is 1.69 bits per heavy atom. The molecule has 0 aliphatic rings. The van der Waals surface area contributed by atoms with Gasteiger partial charge in [-0.2, -0.15) is 0 Å². The Morgan fingerprint density at radius 3 is 2.27 bits per heavy atom. The lowest BCUT2D eigenvalue weighted by Gasteiger charge is -2.20. The SMILES string of the molecule is Cc1ccc(S(=O)NC(C)(C)C)c(F)c1C(=O)Nc1ccc(F)c(F)c1. The molecular formula is C18H19F3N2O2S. The quantitative estimate of drug-likeness (QED) is 0.835. The van der Waals surface area contributed by atoms with Crippen LogP contribution >= 0.6 is 0 Å². The second kappa shape index (κ2) is 7.59. The molecule has 0 radical (unpaired) electrons. The van der Waals surface area contributed by atoms with Crippen molar-refractivity contribution in [3.63, 3.8) is 0 Å². The molecule has 0 aromatic heterocycles. The summed E-state index contributed by atoms with van der Waals surface area (Å²) in [6.07, 6.45) is 0. The summed E-state index contributed by atoms with van der Waals surface area (Å²) in [7, 11) is -1.87. The number of hydrogen-bond acceptors (Lipinski definition) is 2. The van der Waals surface area contributed by atoms with Crippen LogP contribution in [-0.2, 0) is 11.0 Å². The topological polar surface area (TPSA) is 58.2 Å². The normalized spacial score (nSPS) is 12.7. The largest absolute Gasteiger partial charge is 0.322 e. The summed E-state index contributed by atoms with van der Waals surface area (Å²) >= 11 is 0. The standard InChI is InChI=1S/C18H19F3N2O2S/c1-10-5-8-14(26(25)23-18(2,3)4)16(21)15(10)17(24)22-11-6-7-12(19)13(20)9-11/h5-9,23H,1-4H3,(H,22,24). The summed E-state index contributed by atoms with van der Waals surface area (Å²) in [6, 6.07) is 5.62. The Kier molecular flexibility index (Phi) is 5.87. The van der Waals surface area contributed by atoms with Crippen LogP contribution in [0.25, 0.3) is 0 Å². The number of aryl methyl sites for hydroxylation is 1. The third-order valence-electron chi connectivity index (χ3n) is 3.32. The first-order valence-electron chi connectivity index (χ1n) is 7.74. The number of amides is 1. The van der Waals surface area contributed by atoms with Crippen molar-refractivity contribution in [3.8, 4) is 0 Å². The van der Waals surface area contributed by atoms with Gasteiger partial charge in [0, 0.05) is 17.3 Å². The molecule has 0 fully saturated rings. The van der Waals surface area contributed by atoms with E-state index in [1.807, 2.05) is 0 Å². The molecule has 1 atom stereocenters. The molecule has 26 heavy (non-hydrogen) atoms. The molecule has 0 bridgehead atoms. The molecule has 0 aliphatic heterocycles. The molecule has 8 heteroatoms. The molecule has 1 amide bonds. The lowest BCUT2D eigenvalue weighted by molar-refractivity contribution is 0.102. The zero-order valence-electron chi connectivity index (χ0n) is 14.7. The van der Waals surface area contributed by atoms with Gasteiger partial charge in [0.2, 0.25) is 0 Å². The highest BCUT2D eigenvalue weighted by atomic mass is 32.2. The molecule has 0 aliphatic carbocycles. The van der Waals surface area contributed by atoms with Crippen LogP contribution < -0.4 is 10.0 Å². The van der Waals surface area contributed by atoms with Crippen molar-refractivity contribution in [3.05, 3.63) is 58.9 Å². The van der Waals surface area contributed by atoms with E-state index in [0.29, 0.717) is 5.56 Å². The molecule has 4 nitrogen and oxygen atoms in total. The van der Waals surface area contributed by atoms with E-state index in [0.717, 1.165) is 18.2 Å². The summed E-state index contributed by atoms with van der Waals surface area (Å²) in [5.41, 5.74) is -0.543. The number of anilines is 1. The fraction of sp³-hybridized carbons (Fsp3) is 0.278. The van der Waals surface area contributed by atoms with E-state index >= 15 is 0 Å².